The quantitative estimate of drug-likeness (QED) is 0.564. The third-order valence-electron chi connectivity index (χ3n) is 6.17. The van der Waals surface area contributed by atoms with Gasteiger partial charge in [-0.15, -0.1) is 0 Å². The van der Waals surface area contributed by atoms with Crippen LogP contribution in [0, 0.1) is 11.8 Å². The molecule has 0 aromatic carbocycles. The highest BCUT2D eigenvalue weighted by atomic mass is 19.4. The Morgan fingerprint density at radius 2 is 1.78 bits per heavy atom. The van der Waals surface area contributed by atoms with Gasteiger partial charge in [-0.25, -0.2) is 28.4 Å². The fraction of sp³-hybridized carbons (Fsp3) is 0.500. The van der Waals surface area contributed by atoms with Gasteiger partial charge in [0.2, 0.25) is 0 Å². The van der Waals surface area contributed by atoms with Crippen LogP contribution in [0.1, 0.15) is 12.0 Å². The van der Waals surface area contributed by atoms with E-state index in [1.807, 2.05) is 4.90 Å². The summed E-state index contributed by atoms with van der Waals surface area (Å²) in [6.45, 7) is 2.05. The second-order valence-electron chi connectivity index (χ2n) is 8.22. The van der Waals surface area contributed by atoms with Crippen LogP contribution in [0.25, 0.3) is 11.2 Å². The molecule has 0 bridgehead atoms. The fourth-order valence-electron chi connectivity index (χ4n) is 4.59. The Balaban J connectivity index is 1.32. The molecule has 0 spiro atoms. The number of pyridine rings is 1. The summed E-state index contributed by atoms with van der Waals surface area (Å²) in [7, 11) is 0. The summed E-state index contributed by atoms with van der Waals surface area (Å²) in [6.07, 6.45) is -1.92. The summed E-state index contributed by atoms with van der Waals surface area (Å²) in [5.41, 5.74) is 0.0573. The van der Waals surface area contributed by atoms with E-state index >= 15 is 0 Å². The summed E-state index contributed by atoms with van der Waals surface area (Å²) in [5, 5.41) is 3.94. The van der Waals surface area contributed by atoms with Crippen LogP contribution in [0.2, 0.25) is 0 Å². The first kappa shape index (κ1) is 20.8. The zero-order valence-corrected chi connectivity index (χ0v) is 16.9. The Kier molecular flexibility index (Phi) is 5.09. The average molecular weight is 453 g/mol. The maximum absolute atomic E-state index is 13.1. The highest BCUT2D eigenvalue weighted by Gasteiger charge is 2.39. The molecule has 0 N–H and O–H groups in total. The van der Waals surface area contributed by atoms with Crippen molar-refractivity contribution in [2.24, 2.45) is 11.8 Å². The maximum atomic E-state index is 13.1. The lowest BCUT2D eigenvalue weighted by Gasteiger charge is -2.35. The molecule has 3 aromatic heterocycles. The van der Waals surface area contributed by atoms with Crippen molar-refractivity contribution in [1.82, 2.24) is 24.7 Å². The number of anilines is 2. The monoisotopic (exact) mass is 453 g/mol. The second-order valence-corrected chi connectivity index (χ2v) is 8.22. The number of halogens is 5. The molecule has 1 unspecified atom stereocenters. The Bertz CT molecular complexity index is 1120. The number of fused-ring (bicyclic) bond motifs is 2. The van der Waals surface area contributed by atoms with E-state index in [2.05, 4.69) is 25.0 Å². The summed E-state index contributed by atoms with van der Waals surface area (Å²) in [6, 6.07) is 2.07. The third-order valence-corrected chi connectivity index (χ3v) is 6.17. The minimum Gasteiger partial charge on any atom is -0.356 e. The predicted molar refractivity (Wildman–Crippen MR) is 107 cm³/mol. The second kappa shape index (κ2) is 7.82. The number of hydrogen-bond donors (Lipinski definition) is 0. The summed E-state index contributed by atoms with van der Waals surface area (Å²) in [4.78, 5) is 16.9. The Morgan fingerprint density at radius 1 is 1.00 bits per heavy atom. The SMILES string of the molecule is FC(F)Cn1ncc2ncc(N3CC4CN(c5cc(C(F)(F)F)ccn5)CC[C@@H]4C3)nc21. The Labute approximate surface area is 179 Å². The van der Waals surface area contributed by atoms with Crippen molar-refractivity contribution in [2.45, 2.75) is 25.6 Å². The van der Waals surface area contributed by atoms with Gasteiger partial charge in [-0.3, -0.25) is 0 Å². The predicted octanol–water partition coefficient (Wildman–Crippen LogP) is 3.47. The van der Waals surface area contributed by atoms with Gasteiger partial charge < -0.3 is 9.80 Å². The van der Waals surface area contributed by atoms with Crippen LogP contribution in [0.15, 0.2) is 30.7 Å². The van der Waals surface area contributed by atoms with E-state index in [4.69, 9.17) is 0 Å². The van der Waals surface area contributed by atoms with Crippen molar-refractivity contribution < 1.29 is 22.0 Å². The molecule has 0 aliphatic carbocycles. The van der Waals surface area contributed by atoms with Gasteiger partial charge in [0.1, 0.15) is 23.7 Å². The van der Waals surface area contributed by atoms with Gasteiger partial charge in [0.05, 0.1) is 18.0 Å². The topological polar surface area (TPSA) is 63.0 Å². The van der Waals surface area contributed by atoms with Crippen molar-refractivity contribution >= 4 is 22.8 Å². The lowest BCUT2D eigenvalue weighted by atomic mass is 9.89. The molecule has 3 aromatic rings. The molecule has 32 heavy (non-hydrogen) atoms. The van der Waals surface area contributed by atoms with E-state index in [-0.39, 0.29) is 5.92 Å². The molecular formula is C20H20F5N7. The van der Waals surface area contributed by atoms with Gasteiger partial charge in [-0.05, 0) is 30.4 Å². The van der Waals surface area contributed by atoms with Gasteiger partial charge >= 0.3 is 6.18 Å². The number of nitrogens with zero attached hydrogens (tertiary/aromatic N) is 7. The minimum atomic E-state index is -4.41. The van der Waals surface area contributed by atoms with Crippen molar-refractivity contribution in [3.8, 4) is 0 Å². The fourth-order valence-corrected chi connectivity index (χ4v) is 4.59. The van der Waals surface area contributed by atoms with Gasteiger partial charge in [0.25, 0.3) is 6.43 Å². The first-order chi connectivity index (χ1) is 15.3. The molecule has 0 saturated carbocycles. The van der Waals surface area contributed by atoms with Crippen LogP contribution in [0.4, 0.5) is 33.6 Å². The molecular weight excluding hydrogens is 433 g/mol. The molecule has 2 saturated heterocycles. The molecule has 0 radical (unpaired) electrons. The lowest BCUT2D eigenvalue weighted by molar-refractivity contribution is -0.137. The maximum Gasteiger partial charge on any atom is 0.416 e. The highest BCUT2D eigenvalue weighted by molar-refractivity contribution is 5.71. The van der Waals surface area contributed by atoms with E-state index in [1.54, 1.807) is 6.20 Å². The van der Waals surface area contributed by atoms with Gasteiger partial charge in [0, 0.05) is 32.4 Å². The molecule has 2 aliphatic rings. The third kappa shape index (κ3) is 3.93. The van der Waals surface area contributed by atoms with E-state index < -0.39 is 24.7 Å². The number of rotatable bonds is 4. The van der Waals surface area contributed by atoms with Crippen LogP contribution in [-0.4, -0.2) is 57.3 Å². The van der Waals surface area contributed by atoms with Crippen LogP contribution in [-0.2, 0) is 12.7 Å². The van der Waals surface area contributed by atoms with Crippen molar-refractivity contribution in [1.29, 1.82) is 0 Å². The Hall–Kier alpha value is -3.05. The zero-order chi connectivity index (χ0) is 22.5. The van der Waals surface area contributed by atoms with Gasteiger partial charge in [-0.2, -0.15) is 18.3 Å². The first-order valence-electron chi connectivity index (χ1n) is 10.3. The summed E-state index contributed by atoms with van der Waals surface area (Å²) >= 11 is 0. The molecule has 5 heterocycles. The lowest BCUT2D eigenvalue weighted by Crippen LogP contribution is -2.40. The molecule has 5 rings (SSSR count). The molecule has 7 nitrogen and oxygen atoms in total. The highest BCUT2D eigenvalue weighted by Crippen LogP contribution is 2.36. The van der Waals surface area contributed by atoms with E-state index in [1.165, 1.54) is 12.4 Å². The average Bonchev–Trinajstić information content (AvgIpc) is 3.36. The normalized spacial score (nSPS) is 21.6. The largest absolute Gasteiger partial charge is 0.416 e. The van der Waals surface area contributed by atoms with E-state index in [0.717, 1.165) is 29.8 Å². The van der Waals surface area contributed by atoms with E-state index in [9.17, 15) is 22.0 Å². The zero-order valence-electron chi connectivity index (χ0n) is 16.9. The van der Waals surface area contributed by atoms with Crippen LogP contribution in [0.3, 0.4) is 0 Å². The smallest absolute Gasteiger partial charge is 0.356 e. The number of alkyl halides is 5. The number of hydrogen-bond acceptors (Lipinski definition) is 6. The molecule has 2 atom stereocenters. The number of aromatic nitrogens is 5. The summed E-state index contributed by atoms with van der Waals surface area (Å²) in [5.74, 6) is 1.50. The standard InChI is InChI=1S/C20H20F5N7/c21-16(22)11-32-19-15(6-28-32)27-7-18(29-19)31-8-12-2-4-30(9-13(12)10-31)17-5-14(1-3-26-17)20(23,24)25/h1,3,5-7,12-13,16H,2,4,8-11H2/t12-,13?/m1/s1. The molecule has 2 aliphatic heterocycles. The van der Waals surface area contributed by atoms with Gasteiger partial charge in [0.15, 0.2) is 5.65 Å². The number of piperidine rings is 1. The Morgan fingerprint density at radius 3 is 2.56 bits per heavy atom. The van der Waals surface area contributed by atoms with Crippen LogP contribution < -0.4 is 9.80 Å². The molecule has 0 amide bonds. The first-order valence-corrected chi connectivity index (χ1v) is 10.3. The van der Waals surface area contributed by atoms with Crippen molar-refractivity contribution in [2.75, 3.05) is 36.0 Å². The van der Waals surface area contributed by atoms with Crippen LogP contribution >= 0.6 is 0 Å². The van der Waals surface area contributed by atoms with Crippen molar-refractivity contribution in [3.05, 3.63) is 36.3 Å². The molecule has 12 heteroatoms. The van der Waals surface area contributed by atoms with Gasteiger partial charge in [-0.1, -0.05) is 0 Å². The minimum absolute atomic E-state index is 0.226. The van der Waals surface area contributed by atoms with Crippen molar-refractivity contribution in [3.63, 3.8) is 0 Å². The molecule has 2 fully saturated rings. The van der Waals surface area contributed by atoms with E-state index in [0.29, 0.717) is 48.4 Å². The van der Waals surface area contributed by atoms with Crippen LogP contribution in [0.5, 0.6) is 0 Å². The molecule has 170 valence electrons. The summed E-state index contributed by atoms with van der Waals surface area (Å²) < 4.78 is 65.9.